The quantitative estimate of drug-likeness (QED) is 0.788. The van der Waals surface area contributed by atoms with Crippen molar-refractivity contribution in [2.24, 2.45) is 11.3 Å². The SMILES string of the molecule is CCc1cc(N2CC[C@H](O)[C@](CC3CC3)(C(=O)O)C2)nc(N2CCCC2)n1. The average molecular weight is 374 g/mol. The number of aliphatic carboxylic acids is 1. The van der Waals surface area contributed by atoms with Crippen LogP contribution in [0.1, 0.15) is 51.1 Å². The summed E-state index contributed by atoms with van der Waals surface area (Å²) in [5.74, 6) is 1.12. The smallest absolute Gasteiger partial charge is 0.314 e. The Morgan fingerprint density at radius 3 is 2.56 bits per heavy atom. The van der Waals surface area contributed by atoms with Gasteiger partial charge in [-0.2, -0.15) is 4.98 Å². The highest BCUT2D eigenvalue weighted by Gasteiger charge is 2.52. The fourth-order valence-corrected chi connectivity index (χ4v) is 4.48. The minimum atomic E-state index is -1.09. The Labute approximate surface area is 160 Å². The first-order valence-corrected chi connectivity index (χ1v) is 10.3. The largest absolute Gasteiger partial charge is 0.481 e. The van der Waals surface area contributed by atoms with Gasteiger partial charge < -0.3 is 20.0 Å². The van der Waals surface area contributed by atoms with Crippen molar-refractivity contribution in [1.29, 1.82) is 0 Å². The predicted molar refractivity (Wildman–Crippen MR) is 103 cm³/mol. The van der Waals surface area contributed by atoms with E-state index in [2.05, 4.69) is 16.7 Å². The Morgan fingerprint density at radius 2 is 1.93 bits per heavy atom. The van der Waals surface area contributed by atoms with Gasteiger partial charge in [-0.1, -0.05) is 19.8 Å². The second kappa shape index (κ2) is 7.26. The van der Waals surface area contributed by atoms with Crippen LogP contribution in [0.5, 0.6) is 0 Å². The number of carboxylic acids is 1. The summed E-state index contributed by atoms with van der Waals surface area (Å²) in [7, 11) is 0. The molecule has 0 bridgehead atoms. The van der Waals surface area contributed by atoms with Gasteiger partial charge in [0.05, 0.1) is 6.10 Å². The Balaban J connectivity index is 1.63. The lowest BCUT2D eigenvalue weighted by atomic mass is 9.73. The average Bonchev–Trinajstić information content (AvgIpc) is 3.31. The van der Waals surface area contributed by atoms with Gasteiger partial charge in [-0.25, -0.2) is 4.98 Å². The van der Waals surface area contributed by atoms with E-state index in [0.29, 0.717) is 31.8 Å². The molecule has 7 nitrogen and oxygen atoms in total. The van der Waals surface area contributed by atoms with Crippen molar-refractivity contribution in [2.45, 2.75) is 58.0 Å². The third kappa shape index (κ3) is 3.61. The maximum absolute atomic E-state index is 12.2. The number of aliphatic hydroxyl groups excluding tert-OH is 1. The summed E-state index contributed by atoms with van der Waals surface area (Å²) >= 11 is 0. The number of aliphatic hydroxyl groups is 1. The molecule has 7 heteroatoms. The lowest BCUT2D eigenvalue weighted by Crippen LogP contribution is -2.56. The molecule has 0 amide bonds. The van der Waals surface area contributed by atoms with Crippen LogP contribution in [0.15, 0.2) is 6.07 Å². The van der Waals surface area contributed by atoms with Gasteiger partial charge in [0, 0.05) is 37.9 Å². The molecule has 2 saturated heterocycles. The minimum Gasteiger partial charge on any atom is -0.481 e. The number of anilines is 2. The Bertz CT molecular complexity index is 702. The molecule has 148 valence electrons. The van der Waals surface area contributed by atoms with E-state index >= 15 is 0 Å². The highest BCUT2D eigenvalue weighted by Crippen LogP contribution is 2.45. The second-order valence-electron chi connectivity index (χ2n) is 8.40. The van der Waals surface area contributed by atoms with Gasteiger partial charge in [0.2, 0.25) is 5.95 Å². The molecule has 0 unspecified atom stereocenters. The van der Waals surface area contributed by atoms with Gasteiger partial charge in [-0.15, -0.1) is 0 Å². The molecule has 3 fully saturated rings. The molecule has 1 aliphatic carbocycles. The summed E-state index contributed by atoms with van der Waals surface area (Å²) in [6, 6.07) is 1.99. The first-order chi connectivity index (χ1) is 13.0. The highest BCUT2D eigenvalue weighted by molar-refractivity contribution is 5.77. The van der Waals surface area contributed by atoms with Crippen molar-refractivity contribution in [1.82, 2.24) is 9.97 Å². The topological polar surface area (TPSA) is 89.8 Å². The molecule has 0 spiro atoms. The van der Waals surface area contributed by atoms with E-state index in [4.69, 9.17) is 9.97 Å². The lowest BCUT2D eigenvalue weighted by molar-refractivity contribution is -0.158. The van der Waals surface area contributed by atoms with Crippen LogP contribution in [-0.2, 0) is 11.2 Å². The van der Waals surface area contributed by atoms with E-state index in [1.54, 1.807) is 0 Å². The van der Waals surface area contributed by atoms with Gasteiger partial charge in [0.1, 0.15) is 11.2 Å². The molecule has 4 rings (SSSR count). The number of nitrogens with zero attached hydrogens (tertiary/aromatic N) is 4. The molecule has 3 heterocycles. The standard InChI is InChI=1S/C20H30N4O3/c1-2-15-11-17(22-19(21-15)23-8-3-4-9-23)24-10-7-16(25)20(13-24,18(26)27)12-14-5-6-14/h11,14,16,25H,2-10,12-13H2,1H3,(H,26,27)/t16-,20+/m0/s1. The van der Waals surface area contributed by atoms with Gasteiger partial charge >= 0.3 is 5.97 Å². The van der Waals surface area contributed by atoms with Crippen LogP contribution >= 0.6 is 0 Å². The molecule has 2 atom stereocenters. The van der Waals surface area contributed by atoms with Crippen molar-refractivity contribution in [2.75, 3.05) is 36.0 Å². The molecule has 3 aliphatic rings. The zero-order chi connectivity index (χ0) is 19.0. The maximum atomic E-state index is 12.2. The second-order valence-corrected chi connectivity index (χ2v) is 8.40. The van der Waals surface area contributed by atoms with Crippen LogP contribution in [0.4, 0.5) is 11.8 Å². The van der Waals surface area contributed by atoms with Crippen LogP contribution in [0.2, 0.25) is 0 Å². The summed E-state index contributed by atoms with van der Waals surface area (Å²) in [6.07, 6.45) is 5.52. The minimum absolute atomic E-state index is 0.319. The van der Waals surface area contributed by atoms with Crippen LogP contribution < -0.4 is 9.80 Å². The number of piperidine rings is 1. The van der Waals surface area contributed by atoms with Crippen LogP contribution in [-0.4, -0.2) is 58.4 Å². The summed E-state index contributed by atoms with van der Waals surface area (Å²) in [5, 5.41) is 20.6. The summed E-state index contributed by atoms with van der Waals surface area (Å²) < 4.78 is 0. The van der Waals surface area contributed by atoms with E-state index in [1.807, 2.05) is 6.07 Å². The van der Waals surface area contributed by atoms with Crippen molar-refractivity contribution in [3.05, 3.63) is 11.8 Å². The molecule has 27 heavy (non-hydrogen) atoms. The Hall–Kier alpha value is -1.89. The van der Waals surface area contributed by atoms with Gasteiger partial charge in [-0.3, -0.25) is 4.79 Å². The Kier molecular flexibility index (Phi) is 4.97. The van der Waals surface area contributed by atoms with Gasteiger partial charge in [-0.05, 0) is 38.0 Å². The molecule has 2 N–H and O–H groups in total. The molecule has 2 aliphatic heterocycles. The summed E-state index contributed by atoms with van der Waals surface area (Å²) in [5.41, 5.74) is -0.110. The molecule has 0 radical (unpaired) electrons. The number of carboxylic acid groups (broad SMARTS) is 1. The van der Waals surface area contributed by atoms with Crippen molar-refractivity contribution in [3.63, 3.8) is 0 Å². The third-order valence-electron chi connectivity index (χ3n) is 6.39. The number of carbonyl (C=O) groups is 1. The molecule has 1 aromatic rings. The zero-order valence-corrected chi connectivity index (χ0v) is 16.1. The van der Waals surface area contributed by atoms with E-state index in [-0.39, 0.29) is 0 Å². The number of aryl methyl sites for hydroxylation is 1. The number of hydrogen-bond donors (Lipinski definition) is 2. The normalized spacial score (nSPS) is 28.6. The predicted octanol–water partition coefficient (Wildman–Crippen LogP) is 2.08. The van der Waals surface area contributed by atoms with E-state index in [9.17, 15) is 15.0 Å². The lowest BCUT2D eigenvalue weighted by Gasteiger charge is -2.44. The van der Waals surface area contributed by atoms with E-state index in [0.717, 1.165) is 62.7 Å². The summed E-state index contributed by atoms with van der Waals surface area (Å²) in [6.45, 7) is 4.98. The van der Waals surface area contributed by atoms with Crippen LogP contribution in [0, 0.1) is 11.3 Å². The van der Waals surface area contributed by atoms with E-state index < -0.39 is 17.5 Å². The van der Waals surface area contributed by atoms with E-state index in [1.165, 1.54) is 0 Å². The zero-order valence-electron chi connectivity index (χ0n) is 16.1. The van der Waals surface area contributed by atoms with Crippen molar-refractivity contribution < 1.29 is 15.0 Å². The molecule has 1 aromatic heterocycles. The monoisotopic (exact) mass is 374 g/mol. The third-order valence-corrected chi connectivity index (χ3v) is 6.39. The van der Waals surface area contributed by atoms with Crippen molar-refractivity contribution >= 4 is 17.7 Å². The number of hydrogen-bond acceptors (Lipinski definition) is 6. The molecular formula is C20H30N4O3. The Morgan fingerprint density at radius 1 is 1.19 bits per heavy atom. The maximum Gasteiger partial charge on any atom is 0.314 e. The highest BCUT2D eigenvalue weighted by atomic mass is 16.4. The number of aromatic nitrogens is 2. The number of rotatable bonds is 6. The first-order valence-electron chi connectivity index (χ1n) is 10.3. The van der Waals surface area contributed by atoms with Gasteiger partial charge in [0.25, 0.3) is 0 Å². The summed E-state index contributed by atoms with van der Waals surface area (Å²) in [4.78, 5) is 26.0. The van der Waals surface area contributed by atoms with Gasteiger partial charge in [0.15, 0.2) is 0 Å². The van der Waals surface area contributed by atoms with Crippen molar-refractivity contribution in [3.8, 4) is 0 Å². The first kappa shape index (κ1) is 18.5. The fraction of sp³-hybridized carbons (Fsp3) is 0.750. The van der Waals surface area contributed by atoms with Crippen LogP contribution in [0.3, 0.4) is 0 Å². The molecule has 1 saturated carbocycles. The molecule has 0 aromatic carbocycles. The van der Waals surface area contributed by atoms with Crippen LogP contribution in [0.25, 0.3) is 0 Å². The molecular weight excluding hydrogens is 344 g/mol. The fourth-order valence-electron chi connectivity index (χ4n) is 4.48.